The van der Waals surface area contributed by atoms with E-state index in [2.05, 4.69) is 5.32 Å². The fourth-order valence-corrected chi connectivity index (χ4v) is 1.06. The number of halogens is 2. The first kappa shape index (κ1) is 14.0. The van der Waals surface area contributed by atoms with Crippen LogP contribution in [0.25, 0.3) is 0 Å². The fourth-order valence-electron chi connectivity index (χ4n) is 1.06. The molecule has 1 aromatic rings. The molecule has 1 aromatic carbocycles. The third-order valence-corrected chi connectivity index (χ3v) is 2.07. The van der Waals surface area contributed by atoms with Crippen LogP contribution in [-0.4, -0.2) is 16.4 Å². The molecule has 18 heavy (non-hydrogen) atoms. The Labute approximate surface area is 101 Å². The average Bonchev–Trinajstić information content (AvgIpc) is 2.19. The lowest BCUT2D eigenvalue weighted by Crippen LogP contribution is -2.45. The lowest BCUT2D eigenvalue weighted by atomic mass is 10.1. The molecule has 0 fully saturated rings. The van der Waals surface area contributed by atoms with E-state index in [1.807, 2.05) is 0 Å². The normalized spacial score (nSPS) is 11.2. The largest absolute Gasteiger partial charge is 0.322 e. The number of nitrogens with one attached hydrogen (secondary N) is 1. The number of nitro groups is 1. The predicted molar refractivity (Wildman–Crippen MR) is 59.9 cm³/mol. The molecular weight excluding hydrogens is 248 g/mol. The van der Waals surface area contributed by atoms with Crippen molar-refractivity contribution in [3.8, 4) is 0 Å². The SMILES string of the molecule is CC(C)(N)C(=O)Nc1cc([N+](=O)[O-])c(F)cc1F. The Morgan fingerprint density at radius 1 is 1.39 bits per heavy atom. The Morgan fingerprint density at radius 2 is 1.94 bits per heavy atom. The number of amides is 1. The quantitative estimate of drug-likeness (QED) is 0.635. The van der Waals surface area contributed by atoms with Gasteiger partial charge >= 0.3 is 5.69 Å². The minimum atomic E-state index is -1.32. The van der Waals surface area contributed by atoms with Crippen molar-refractivity contribution in [3.63, 3.8) is 0 Å². The monoisotopic (exact) mass is 259 g/mol. The Hall–Kier alpha value is -2.09. The molecular formula is C10H11F2N3O3. The zero-order valence-corrected chi connectivity index (χ0v) is 9.66. The van der Waals surface area contributed by atoms with Gasteiger partial charge in [0.15, 0.2) is 0 Å². The van der Waals surface area contributed by atoms with Crippen LogP contribution in [0.2, 0.25) is 0 Å². The molecule has 1 rings (SSSR count). The number of anilines is 1. The van der Waals surface area contributed by atoms with Crippen molar-refractivity contribution < 1.29 is 18.5 Å². The van der Waals surface area contributed by atoms with E-state index in [0.717, 1.165) is 0 Å². The van der Waals surface area contributed by atoms with Crippen LogP contribution in [0, 0.1) is 21.7 Å². The molecule has 0 aliphatic rings. The first-order valence-electron chi connectivity index (χ1n) is 4.86. The number of benzene rings is 1. The third kappa shape index (κ3) is 2.98. The van der Waals surface area contributed by atoms with Gasteiger partial charge in [-0.15, -0.1) is 0 Å². The highest BCUT2D eigenvalue weighted by atomic mass is 19.1. The van der Waals surface area contributed by atoms with Gasteiger partial charge in [0.25, 0.3) is 0 Å². The number of hydrogen-bond donors (Lipinski definition) is 2. The number of rotatable bonds is 3. The molecule has 0 aromatic heterocycles. The summed E-state index contributed by atoms with van der Waals surface area (Å²) in [5.74, 6) is -3.18. The highest BCUT2D eigenvalue weighted by Crippen LogP contribution is 2.25. The van der Waals surface area contributed by atoms with E-state index in [0.29, 0.717) is 12.1 Å². The van der Waals surface area contributed by atoms with Crippen LogP contribution < -0.4 is 11.1 Å². The molecule has 0 atom stereocenters. The maximum Gasteiger partial charge on any atom is 0.307 e. The minimum absolute atomic E-state index is 0.331. The van der Waals surface area contributed by atoms with Gasteiger partial charge in [-0.1, -0.05) is 0 Å². The van der Waals surface area contributed by atoms with Crippen molar-refractivity contribution in [2.45, 2.75) is 19.4 Å². The molecule has 0 unspecified atom stereocenters. The first-order chi connectivity index (χ1) is 8.12. The molecule has 3 N–H and O–H groups in total. The van der Waals surface area contributed by atoms with Crippen LogP contribution >= 0.6 is 0 Å². The van der Waals surface area contributed by atoms with Crippen molar-refractivity contribution >= 4 is 17.3 Å². The lowest BCUT2D eigenvalue weighted by Gasteiger charge is -2.17. The van der Waals surface area contributed by atoms with Gasteiger partial charge in [-0.25, -0.2) is 4.39 Å². The number of nitro benzene ring substituents is 1. The fraction of sp³-hybridized carbons (Fsp3) is 0.300. The molecule has 1 amide bonds. The molecule has 0 aliphatic heterocycles. The molecule has 0 heterocycles. The number of hydrogen-bond acceptors (Lipinski definition) is 4. The van der Waals surface area contributed by atoms with Crippen molar-refractivity contribution in [2.24, 2.45) is 5.73 Å². The Bertz CT molecular complexity index is 512. The van der Waals surface area contributed by atoms with Gasteiger partial charge in [0.2, 0.25) is 11.7 Å². The smallest absolute Gasteiger partial charge is 0.307 e. The summed E-state index contributed by atoms with van der Waals surface area (Å²) < 4.78 is 26.4. The second-order valence-electron chi connectivity index (χ2n) is 4.22. The van der Waals surface area contributed by atoms with E-state index >= 15 is 0 Å². The van der Waals surface area contributed by atoms with E-state index in [4.69, 9.17) is 5.73 Å². The molecule has 0 saturated carbocycles. The first-order valence-corrected chi connectivity index (χ1v) is 4.86. The van der Waals surface area contributed by atoms with E-state index in [-0.39, 0.29) is 0 Å². The second kappa shape index (κ2) is 4.65. The van der Waals surface area contributed by atoms with E-state index < -0.39 is 39.4 Å². The summed E-state index contributed by atoms with van der Waals surface area (Å²) in [6.07, 6.45) is 0. The standard InChI is InChI=1S/C10H11F2N3O3/c1-10(2,13)9(16)14-7-4-8(15(17)18)6(12)3-5(7)11/h3-4H,13H2,1-2H3,(H,14,16). The molecule has 0 radical (unpaired) electrons. The van der Waals surface area contributed by atoms with Crippen LogP contribution in [-0.2, 0) is 4.79 Å². The lowest BCUT2D eigenvalue weighted by molar-refractivity contribution is -0.387. The predicted octanol–water partition coefficient (Wildman–Crippen LogP) is 1.55. The zero-order chi connectivity index (χ0) is 14.1. The summed E-state index contributed by atoms with van der Waals surface area (Å²) in [4.78, 5) is 20.9. The summed E-state index contributed by atoms with van der Waals surface area (Å²) in [5, 5.41) is 12.5. The summed E-state index contributed by atoms with van der Waals surface area (Å²) in [6.45, 7) is 2.75. The Morgan fingerprint density at radius 3 is 2.39 bits per heavy atom. The summed E-state index contributed by atoms with van der Waals surface area (Å²) >= 11 is 0. The van der Waals surface area contributed by atoms with Crippen molar-refractivity contribution in [1.82, 2.24) is 0 Å². The Balaban J connectivity index is 3.14. The van der Waals surface area contributed by atoms with Gasteiger partial charge in [0.1, 0.15) is 5.82 Å². The van der Waals surface area contributed by atoms with Gasteiger partial charge in [-0.2, -0.15) is 4.39 Å². The van der Waals surface area contributed by atoms with Gasteiger partial charge in [-0.3, -0.25) is 14.9 Å². The van der Waals surface area contributed by atoms with Gasteiger partial charge in [0.05, 0.1) is 16.1 Å². The molecule has 0 saturated heterocycles. The number of carbonyl (C=O) groups is 1. The number of nitrogens with zero attached hydrogens (tertiary/aromatic N) is 1. The van der Waals surface area contributed by atoms with Crippen molar-refractivity contribution in [3.05, 3.63) is 33.9 Å². The molecule has 0 bridgehead atoms. The summed E-state index contributed by atoms with van der Waals surface area (Å²) in [6, 6.07) is 0.936. The maximum absolute atomic E-state index is 13.3. The van der Waals surface area contributed by atoms with Crippen LogP contribution in [0.5, 0.6) is 0 Å². The van der Waals surface area contributed by atoms with Crippen molar-refractivity contribution in [2.75, 3.05) is 5.32 Å². The third-order valence-electron chi connectivity index (χ3n) is 2.07. The van der Waals surface area contributed by atoms with Gasteiger partial charge in [-0.05, 0) is 13.8 Å². The molecule has 98 valence electrons. The van der Waals surface area contributed by atoms with Gasteiger partial charge in [0, 0.05) is 12.1 Å². The van der Waals surface area contributed by atoms with Crippen LogP contribution in [0.1, 0.15) is 13.8 Å². The van der Waals surface area contributed by atoms with Gasteiger partial charge < -0.3 is 11.1 Å². The van der Waals surface area contributed by atoms with Crippen LogP contribution in [0.4, 0.5) is 20.2 Å². The van der Waals surface area contributed by atoms with Crippen molar-refractivity contribution in [1.29, 1.82) is 0 Å². The highest BCUT2D eigenvalue weighted by Gasteiger charge is 2.25. The molecule has 6 nitrogen and oxygen atoms in total. The molecule has 0 spiro atoms. The maximum atomic E-state index is 13.3. The molecule has 0 aliphatic carbocycles. The second-order valence-corrected chi connectivity index (χ2v) is 4.22. The summed E-state index contributed by atoms with van der Waals surface area (Å²) in [5.41, 5.74) is 2.74. The Kier molecular flexibility index (Phi) is 3.61. The van der Waals surface area contributed by atoms with Crippen LogP contribution in [0.3, 0.4) is 0 Å². The zero-order valence-electron chi connectivity index (χ0n) is 9.66. The molecule has 8 heteroatoms. The van der Waals surface area contributed by atoms with E-state index in [9.17, 15) is 23.7 Å². The number of nitrogens with two attached hydrogens (primary N) is 1. The number of carbonyl (C=O) groups excluding carboxylic acids is 1. The average molecular weight is 259 g/mol. The topological polar surface area (TPSA) is 98.3 Å². The highest BCUT2D eigenvalue weighted by molar-refractivity contribution is 5.97. The van der Waals surface area contributed by atoms with Crippen LogP contribution in [0.15, 0.2) is 12.1 Å². The minimum Gasteiger partial charge on any atom is -0.322 e. The van der Waals surface area contributed by atoms with E-state index in [1.165, 1.54) is 13.8 Å². The van der Waals surface area contributed by atoms with E-state index in [1.54, 1.807) is 0 Å². The summed E-state index contributed by atoms with van der Waals surface area (Å²) in [7, 11) is 0.